The molecule has 0 saturated carbocycles. The number of ether oxygens (including phenoxy) is 1. The molecular formula is C13H21NO2. The van der Waals surface area contributed by atoms with Crippen LogP contribution in [-0.2, 0) is 17.7 Å². The highest BCUT2D eigenvalue weighted by molar-refractivity contribution is 5.07. The zero-order chi connectivity index (χ0) is 11.6. The quantitative estimate of drug-likeness (QED) is 0.851. The molecule has 1 saturated heterocycles. The molecule has 0 amide bonds. The van der Waals surface area contributed by atoms with Gasteiger partial charge in [-0.15, -0.1) is 0 Å². The summed E-state index contributed by atoms with van der Waals surface area (Å²) in [6, 6.07) is 4.10. The lowest BCUT2D eigenvalue weighted by Crippen LogP contribution is -2.47. The first-order valence-corrected chi connectivity index (χ1v) is 6.08. The van der Waals surface area contributed by atoms with Crippen LogP contribution in [0, 0.1) is 0 Å². The molecule has 0 spiro atoms. The van der Waals surface area contributed by atoms with E-state index >= 15 is 0 Å². The summed E-state index contributed by atoms with van der Waals surface area (Å²) in [5.74, 6) is 2.06. The van der Waals surface area contributed by atoms with E-state index in [1.165, 1.54) is 0 Å². The number of rotatable bonds is 4. The molecule has 0 bridgehead atoms. The minimum absolute atomic E-state index is 0.0825. The normalized spacial score (nSPS) is 29.8. The van der Waals surface area contributed by atoms with Gasteiger partial charge in [0.25, 0.3) is 0 Å². The van der Waals surface area contributed by atoms with Gasteiger partial charge in [0.15, 0.2) is 0 Å². The molecule has 3 heteroatoms. The molecule has 16 heavy (non-hydrogen) atoms. The van der Waals surface area contributed by atoms with E-state index in [-0.39, 0.29) is 11.6 Å². The minimum atomic E-state index is 0.0825. The third-order valence-corrected chi connectivity index (χ3v) is 3.62. The van der Waals surface area contributed by atoms with Crippen molar-refractivity contribution in [2.24, 2.45) is 0 Å². The largest absolute Gasteiger partial charge is 0.465 e. The molecule has 1 aromatic heterocycles. The summed E-state index contributed by atoms with van der Waals surface area (Å²) < 4.78 is 11.3. The molecule has 2 atom stereocenters. The van der Waals surface area contributed by atoms with Gasteiger partial charge in [-0.05, 0) is 32.4 Å². The fraction of sp³-hybridized carbons (Fsp3) is 0.692. The highest BCUT2D eigenvalue weighted by Crippen LogP contribution is 2.25. The van der Waals surface area contributed by atoms with E-state index in [0.29, 0.717) is 0 Å². The van der Waals surface area contributed by atoms with E-state index in [4.69, 9.17) is 9.15 Å². The predicted octanol–water partition coefficient (Wildman–Crippen LogP) is 2.50. The highest BCUT2D eigenvalue weighted by Gasteiger charge is 2.36. The molecule has 0 radical (unpaired) electrons. The molecular weight excluding hydrogens is 202 g/mol. The van der Waals surface area contributed by atoms with Crippen molar-refractivity contribution in [3.63, 3.8) is 0 Å². The van der Waals surface area contributed by atoms with Gasteiger partial charge >= 0.3 is 0 Å². The first-order valence-electron chi connectivity index (χ1n) is 6.08. The number of aryl methyl sites for hydroxylation is 1. The lowest BCUT2D eigenvalue weighted by atomic mass is 9.95. The van der Waals surface area contributed by atoms with Crippen LogP contribution in [0.5, 0.6) is 0 Å². The molecule has 1 N–H and O–H groups in total. The van der Waals surface area contributed by atoms with Gasteiger partial charge in [0, 0.05) is 18.6 Å². The molecule has 1 fully saturated rings. The Hall–Kier alpha value is -0.800. The van der Waals surface area contributed by atoms with Crippen molar-refractivity contribution in [3.8, 4) is 0 Å². The topological polar surface area (TPSA) is 34.4 Å². The molecule has 2 heterocycles. The van der Waals surface area contributed by atoms with E-state index < -0.39 is 0 Å². The second kappa shape index (κ2) is 4.60. The van der Waals surface area contributed by atoms with Crippen molar-refractivity contribution >= 4 is 0 Å². The van der Waals surface area contributed by atoms with Crippen LogP contribution in [0.25, 0.3) is 0 Å². The Morgan fingerprint density at radius 2 is 2.19 bits per heavy atom. The zero-order valence-electron chi connectivity index (χ0n) is 10.4. The molecule has 1 aliphatic rings. The summed E-state index contributed by atoms with van der Waals surface area (Å²) in [6.45, 7) is 8.07. The van der Waals surface area contributed by atoms with Gasteiger partial charge in [-0.2, -0.15) is 0 Å². The third-order valence-electron chi connectivity index (χ3n) is 3.62. The van der Waals surface area contributed by atoms with Gasteiger partial charge < -0.3 is 14.5 Å². The van der Waals surface area contributed by atoms with Crippen molar-refractivity contribution in [3.05, 3.63) is 23.7 Å². The Morgan fingerprint density at radius 3 is 2.75 bits per heavy atom. The molecule has 2 rings (SSSR count). The van der Waals surface area contributed by atoms with Crippen LogP contribution < -0.4 is 5.32 Å². The first-order chi connectivity index (χ1) is 7.64. The third kappa shape index (κ3) is 2.30. The SMILES string of the molecule is CCc1ccc(CNC2(C)CCOC2C)o1. The van der Waals surface area contributed by atoms with Gasteiger partial charge in [-0.25, -0.2) is 0 Å². The van der Waals surface area contributed by atoms with Crippen molar-refractivity contribution in [2.45, 2.75) is 51.8 Å². The Labute approximate surface area is 97.2 Å². The van der Waals surface area contributed by atoms with Gasteiger partial charge in [-0.3, -0.25) is 0 Å². The average Bonchev–Trinajstić information content (AvgIpc) is 2.85. The molecule has 1 aliphatic heterocycles. The zero-order valence-corrected chi connectivity index (χ0v) is 10.4. The summed E-state index contributed by atoms with van der Waals surface area (Å²) >= 11 is 0. The summed E-state index contributed by atoms with van der Waals surface area (Å²) in [6.07, 6.45) is 2.29. The summed E-state index contributed by atoms with van der Waals surface area (Å²) in [5, 5.41) is 3.54. The standard InChI is InChI=1S/C13H21NO2/c1-4-11-5-6-12(16-11)9-14-13(3)7-8-15-10(13)2/h5-6,10,14H,4,7-9H2,1-3H3. The van der Waals surface area contributed by atoms with Crippen LogP contribution in [0.4, 0.5) is 0 Å². The van der Waals surface area contributed by atoms with Crippen LogP contribution >= 0.6 is 0 Å². The molecule has 3 nitrogen and oxygen atoms in total. The summed E-state index contributed by atoms with van der Waals surface area (Å²) in [7, 11) is 0. The molecule has 90 valence electrons. The average molecular weight is 223 g/mol. The van der Waals surface area contributed by atoms with Gasteiger partial charge in [0.05, 0.1) is 12.6 Å². The lowest BCUT2D eigenvalue weighted by molar-refractivity contribution is 0.0874. The summed E-state index contributed by atoms with van der Waals surface area (Å²) in [4.78, 5) is 0. The Kier molecular flexibility index (Phi) is 3.36. The molecule has 2 unspecified atom stereocenters. The molecule has 0 aromatic carbocycles. The number of nitrogens with one attached hydrogen (secondary N) is 1. The van der Waals surface area contributed by atoms with Gasteiger partial charge in [-0.1, -0.05) is 6.92 Å². The maximum Gasteiger partial charge on any atom is 0.117 e. The van der Waals surface area contributed by atoms with E-state index in [2.05, 4.69) is 32.2 Å². The van der Waals surface area contributed by atoms with Crippen molar-refractivity contribution < 1.29 is 9.15 Å². The fourth-order valence-electron chi connectivity index (χ4n) is 2.06. The Balaban J connectivity index is 1.91. The van der Waals surface area contributed by atoms with E-state index in [1.807, 2.05) is 6.07 Å². The van der Waals surface area contributed by atoms with Gasteiger partial charge in [0.1, 0.15) is 11.5 Å². The Morgan fingerprint density at radius 1 is 1.44 bits per heavy atom. The second-order valence-electron chi connectivity index (χ2n) is 4.76. The Bertz CT molecular complexity index is 347. The number of hydrogen-bond donors (Lipinski definition) is 1. The highest BCUT2D eigenvalue weighted by atomic mass is 16.5. The molecule has 1 aromatic rings. The molecule has 0 aliphatic carbocycles. The monoisotopic (exact) mass is 223 g/mol. The number of hydrogen-bond acceptors (Lipinski definition) is 3. The van der Waals surface area contributed by atoms with E-state index in [0.717, 1.165) is 37.5 Å². The predicted molar refractivity (Wildman–Crippen MR) is 63.4 cm³/mol. The smallest absolute Gasteiger partial charge is 0.117 e. The maximum atomic E-state index is 5.67. The van der Waals surface area contributed by atoms with E-state index in [9.17, 15) is 0 Å². The van der Waals surface area contributed by atoms with E-state index in [1.54, 1.807) is 0 Å². The van der Waals surface area contributed by atoms with Gasteiger partial charge in [0.2, 0.25) is 0 Å². The first kappa shape index (κ1) is 11.7. The van der Waals surface area contributed by atoms with Crippen molar-refractivity contribution in [1.82, 2.24) is 5.32 Å². The maximum absolute atomic E-state index is 5.67. The lowest BCUT2D eigenvalue weighted by Gasteiger charge is -2.28. The van der Waals surface area contributed by atoms with Crippen LogP contribution in [0.15, 0.2) is 16.5 Å². The number of furan rings is 1. The fourth-order valence-corrected chi connectivity index (χ4v) is 2.06. The van der Waals surface area contributed by atoms with Crippen molar-refractivity contribution in [2.75, 3.05) is 6.61 Å². The van der Waals surface area contributed by atoms with Crippen LogP contribution in [-0.4, -0.2) is 18.2 Å². The minimum Gasteiger partial charge on any atom is -0.465 e. The van der Waals surface area contributed by atoms with Crippen LogP contribution in [0.1, 0.15) is 38.7 Å². The second-order valence-corrected chi connectivity index (χ2v) is 4.76. The van der Waals surface area contributed by atoms with Crippen molar-refractivity contribution in [1.29, 1.82) is 0 Å². The summed E-state index contributed by atoms with van der Waals surface area (Å²) in [5.41, 5.74) is 0.0825. The van der Waals surface area contributed by atoms with Crippen LogP contribution in [0.3, 0.4) is 0 Å². The van der Waals surface area contributed by atoms with Crippen LogP contribution in [0.2, 0.25) is 0 Å².